The zero-order chi connectivity index (χ0) is 14.9. The number of hydrogen-bond acceptors (Lipinski definition) is 2. The number of carbonyl (C=O) groups excluding carboxylic acids is 2. The molecule has 0 unspecified atom stereocenters. The summed E-state index contributed by atoms with van der Waals surface area (Å²) < 4.78 is 37.3. The minimum Gasteiger partial charge on any atom is -0.334 e. The number of halogens is 3. The molecule has 1 aliphatic rings. The highest BCUT2D eigenvalue weighted by Crippen LogP contribution is 2.23. The molecule has 0 saturated carbocycles. The third kappa shape index (κ3) is 3.00. The van der Waals surface area contributed by atoms with Crippen LogP contribution in [0.25, 0.3) is 0 Å². The summed E-state index contributed by atoms with van der Waals surface area (Å²) in [4.78, 5) is 23.4. The van der Waals surface area contributed by atoms with Crippen molar-refractivity contribution in [3.63, 3.8) is 0 Å². The van der Waals surface area contributed by atoms with Crippen LogP contribution in [0.3, 0.4) is 0 Å². The average molecular weight is 285 g/mol. The molecule has 0 N–H and O–H groups in total. The topological polar surface area (TPSA) is 37.4 Å². The molecule has 0 spiro atoms. The number of carbonyl (C=O) groups is 2. The number of fused-ring (bicyclic) bond motifs is 1. The lowest BCUT2D eigenvalue weighted by molar-refractivity contribution is -0.185. The second-order valence-electron chi connectivity index (χ2n) is 4.83. The highest BCUT2D eigenvalue weighted by molar-refractivity contribution is 5.94. The van der Waals surface area contributed by atoms with Crippen LogP contribution in [0.1, 0.15) is 28.4 Å². The Morgan fingerprint density at radius 2 is 1.70 bits per heavy atom. The minimum absolute atomic E-state index is 0.0205. The number of amides is 1. The Balaban J connectivity index is 2.19. The SMILES string of the molecule is CC(=O)c1ccc2c(c1)CCN(C(=O)C(F)(F)F)CC2. The molecule has 1 aromatic carbocycles. The number of Topliss-reactive ketones (excluding diaryl/α,β-unsaturated/α-hetero) is 1. The van der Waals surface area contributed by atoms with Gasteiger partial charge in [-0.1, -0.05) is 12.1 Å². The molecule has 108 valence electrons. The number of hydrogen-bond donors (Lipinski definition) is 0. The van der Waals surface area contributed by atoms with Crippen molar-refractivity contribution in [2.75, 3.05) is 13.1 Å². The fourth-order valence-electron chi connectivity index (χ4n) is 2.33. The third-order valence-corrected chi connectivity index (χ3v) is 3.44. The highest BCUT2D eigenvalue weighted by Gasteiger charge is 2.42. The lowest BCUT2D eigenvalue weighted by Gasteiger charge is -2.21. The van der Waals surface area contributed by atoms with Crippen LogP contribution in [0.2, 0.25) is 0 Å². The van der Waals surface area contributed by atoms with Crippen molar-refractivity contribution < 1.29 is 22.8 Å². The van der Waals surface area contributed by atoms with E-state index in [2.05, 4.69) is 0 Å². The molecule has 0 saturated heterocycles. The molecule has 1 amide bonds. The Morgan fingerprint density at radius 1 is 1.10 bits per heavy atom. The van der Waals surface area contributed by atoms with Gasteiger partial charge in [0.2, 0.25) is 0 Å². The lowest BCUT2D eigenvalue weighted by Crippen LogP contribution is -2.42. The van der Waals surface area contributed by atoms with E-state index in [-0.39, 0.29) is 18.9 Å². The van der Waals surface area contributed by atoms with Gasteiger partial charge in [0.25, 0.3) is 0 Å². The van der Waals surface area contributed by atoms with E-state index in [9.17, 15) is 22.8 Å². The smallest absolute Gasteiger partial charge is 0.334 e. The first-order valence-electron chi connectivity index (χ1n) is 6.28. The van der Waals surface area contributed by atoms with Crippen molar-refractivity contribution in [1.82, 2.24) is 4.90 Å². The summed E-state index contributed by atoms with van der Waals surface area (Å²) in [6.07, 6.45) is -4.13. The number of alkyl halides is 3. The highest BCUT2D eigenvalue weighted by atomic mass is 19.4. The van der Waals surface area contributed by atoms with Crippen molar-refractivity contribution >= 4 is 11.7 Å². The number of nitrogens with zero attached hydrogens (tertiary/aromatic N) is 1. The molecule has 3 nitrogen and oxygen atoms in total. The summed E-state index contributed by atoms with van der Waals surface area (Å²) in [7, 11) is 0. The number of benzene rings is 1. The van der Waals surface area contributed by atoms with Crippen LogP contribution in [-0.2, 0) is 17.6 Å². The predicted octanol–water partition coefficient (Wildman–Crippen LogP) is 2.38. The van der Waals surface area contributed by atoms with Crippen LogP contribution >= 0.6 is 0 Å². The third-order valence-electron chi connectivity index (χ3n) is 3.44. The molecule has 6 heteroatoms. The van der Waals surface area contributed by atoms with Crippen molar-refractivity contribution in [2.24, 2.45) is 0 Å². The van der Waals surface area contributed by atoms with E-state index in [0.29, 0.717) is 18.4 Å². The second-order valence-corrected chi connectivity index (χ2v) is 4.83. The van der Waals surface area contributed by atoms with Gasteiger partial charge in [0, 0.05) is 18.7 Å². The van der Waals surface area contributed by atoms with Gasteiger partial charge in [-0.2, -0.15) is 13.2 Å². The average Bonchev–Trinajstić information content (AvgIpc) is 2.58. The van der Waals surface area contributed by atoms with Gasteiger partial charge in [-0.3, -0.25) is 9.59 Å². The molecule has 1 aromatic rings. The summed E-state index contributed by atoms with van der Waals surface area (Å²) in [5.74, 6) is -1.88. The minimum atomic E-state index is -4.83. The maximum atomic E-state index is 12.4. The van der Waals surface area contributed by atoms with Gasteiger partial charge in [0.1, 0.15) is 0 Å². The monoisotopic (exact) mass is 285 g/mol. The van der Waals surface area contributed by atoms with E-state index in [0.717, 1.165) is 16.0 Å². The van der Waals surface area contributed by atoms with E-state index >= 15 is 0 Å². The molecular formula is C14H14F3NO2. The Kier molecular flexibility index (Phi) is 3.83. The normalized spacial score (nSPS) is 15.5. The molecule has 0 atom stereocenters. The molecule has 1 aliphatic heterocycles. The molecule has 20 heavy (non-hydrogen) atoms. The Morgan fingerprint density at radius 3 is 2.25 bits per heavy atom. The van der Waals surface area contributed by atoms with E-state index in [1.165, 1.54) is 6.92 Å². The van der Waals surface area contributed by atoms with Gasteiger partial charge in [0.15, 0.2) is 5.78 Å². The Hall–Kier alpha value is -1.85. The van der Waals surface area contributed by atoms with Crippen molar-refractivity contribution in [3.05, 3.63) is 34.9 Å². The van der Waals surface area contributed by atoms with E-state index < -0.39 is 12.1 Å². The van der Waals surface area contributed by atoms with Crippen LogP contribution < -0.4 is 0 Å². The van der Waals surface area contributed by atoms with Gasteiger partial charge in [-0.05, 0) is 37.0 Å². The molecule has 0 aliphatic carbocycles. The number of ketones is 1. The summed E-state index contributed by atoms with van der Waals surface area (Å²) in [5, 5.41) is 0. The molecule has 0 fully saturated rings. The second kappa shape index (κ2) is 5.26. The molecule has 0 bridgehead atoms. The summed E-state index contributed by atoms with van der Waals surface area (Å²) in [5.41, 5.74) is 2.28. The number of rotatable bonds is 1. The van der Waals surface area contributed by atoms with Crippen molar-refractivity contribution in [2.45, 2.75) is 25.9 Å². The van der Waals surface area contributed by atoms with E-state index in [1.807, 2.05) is 0 Å². The van der Waals surface area contributed by atoms with E-state index in [1.54, 1.807) is 18.2 Å². The maximum Gasteiger partial charge on any atom is 0.471 e. The van der Waals surface area contributed by atoms with Gasteiger partial charge >= 0.3 is 12.1 Å². The van der Waals surface area contributed by atoms with Gasteiger partial charge in [-0.15, -0.1) is 0 Å². The standard InChI is InChI=1S/C14H14F3NO2/c1-9(19)11-3-2-10-4-6-18(7-5-12(10)8-11)13(20)14(15,16)17/h2-3,8H,4-7H2,1H3. The lowest BCUT2D eigenvalue weighted by atomic mass is 9.99. The molecule has 0 radical (unpaired) electrons. The molecule has 1 heterocycles. The quantitative estimate of drug-likeness (QED) is 0.743. The van der Waals surface area contributed by atoms with Gasteiger partial charge in [0.05, 0.1) is 0 Å². The van der Waals surface area contributed by atoms with Crippen LogP contribution in [-0.4, -0.2) is 35.9 Å². The summed E-state index contributed by atoms with van der Waals surface area (Å²) >= 11 is 0. The van der Waals surface area contributed by atoms with Crippen LogP contribution in [0.5, 0.6) is 0 Å². The predicted molar refractivity (Wildman–Crippen MR) is 66.5 cm³/mol. The van der Waals surface area contributed by atoms with Crippen molar-refractivity contribution in [1.29, 1.82) is 0 Å². The molecule has 2 rings (SSSR count). The first-order chi connectivity index (χ1) is 9.29. The summed E-state index contributed by atoms with van der Waals surface area (Å²) in [6.45, 7) is 1.51. The Labute approximate surface area is 114 Å². The summed E-state index contributed by atoms with van der Waals surface area (Å²) in [6, 6.07) is 5.13. The van der Waals surface area contributed by atoms with Gasteiger partial charge < -0.3 is 4.90 Å². The van der Waals surface area contributed by atoms with Crippen molar-refractivity contribution in [3.8, 4) is 0 Å². The van der Waals surface area contributed by atoms with E-state index in [4.69, 9.17) is 0 Å². The zero-order valence-corrected chi connectivity index (χ0v) is 11.0. The maximum absolute atomic E-state index is 12.4. The van der Waals surface area contributed by atoms with Crippen LogP contribution in [0, 0.1) is 0 Å². The largest absolute Gasteiger partial charge is 0.471 e. The van der Waals surface area contributed by atoms with Crippen LogP contribution in [0.15, 0.2) is 18.2 Å². The fraction of sp³-hybridized carbons (Fsp3) is 0.429. The van der Waals surface area contributed by atoms with Gasteiger partial charge in [-0.25, -0.2) is 0 Å². The first kappa shape index (κ1) is 14.6. The molecular weight excluding hydrogens is 271 g/mol. The fourth-order valence-corrected chi connectivity index (χ4v) is 2.33. The Bertz CT molecular complexity index is 552. The first-order valence-corrected chi connectivity index (χ1v) is 6.28. The molecule has 0 aromatic heterocycles. The van der Waals surface area contributed by atoms with Crippen LogP contribution in [0.4, 0.5) is 13.2 Å². The zero-order valence-electron chi connectivity index (χ0n) is 11.0.